The fourth-order valence-electron chi connectivity index (χ4n) is 2.79. The van der Waals surface area contributed by atoms with Crippen LogP contribution in [0.4, 0.5) is 11.8 Å². The fourth-order valence-corrected chi connectivity index (χ4v) is 2.79. The topological polar surface area (TPSA) is 44.3 Å². The molecular formula is C14H25N5. The molecule has 0 amide bonds. The highest BCUT2D eigenvalue weighted by Crippen LogP contribution is 2.20. The quantitative estimate of drug-likeness (QED) is 0.877. The Bertz CT molecular complexity index is 420. The maximum absolute atomic E-state index is 4.53. The Kier molecular flexibility index (Phi) is 4.58. The summed E-state index contributed by atoms with van der Waals surface area (Å²) in [5, 5.41) is 3.02. The lowest BCUT2D eigenvalue weighted by Crippen LogP contribution is -2.39. The van der Waals surface area contributed by atoms with Crippen molar-refractivity contribution in [1.82, 2.24) is 14.9 Å². The zero-order chi connectivity index (χ0) is 13.8. The van der Waals surface area contributed by atoms with Gasteiger partial charge in [0.05, 0.1) is 0 Å². The lowest BCUT2D eigenvalue weighted by atomic mass is 10.2. The second-order valence-electron chi connectivity index (χ2n) is 5.25. The molecule has 0 aliphatic carbocycles. The van der Waals surface area contributed by atoms with Gasteiger partial charge in [-0.15, -0.1) is 0 Å². The molecule has 106 valence electrons. The van der Waals surface area contributed by atoms with Gasteiger partial charge in [0.25, 0.3) is 0 Å². The molecule has 0 spiro atoms. The van der Waals surface area contributed by atoms with Crippen LogP contribution >= 0.6 is 0 Å². The molecule has 19 heavy (non-hydrogen) atoms. The Balaban J connectivity index is 2.06. The molecule has 1 aromatic heterocycles. The zero-order valence-corrected chi connectivity index (χ0v) is 12.5. The standard InChI is InChI=1S/C14H25N5/c1-5-19-8-6-7-12(19)10-18(4)13-9-11(2)16-14(15-3)17-13/h9,12H,5-8,10H2,1-4H3,(H,15,16,17). The molecule has 5 heteroatoms. The van der Waals surface area contributed by atoms with Gasteiger partial charge in [-0.2, -0.15) is 4.98 Å². The minimum absolute atomic E-state index is 0.656. The Labute approximate surface area is 116 Å². The second-order valence-corrected chi connectivity index (χ2v) is 5.25. The number of hydrogen-bond donors (Lipinski definition) is 1. The predicted molar refractivity (Wildman–Crippen MR) is 79.9 cm³/mol. The largest absolute Gasteiger partial charge is 0.358 e. The van der Waals surface area contributed by atoms with E-state index in [0.29, 0.717) is 12.0 Å². The van der Waals surface area contributed by atoms with E-state index in [-0.39, 0.29) is 0 Å². The molecule has 0 aromatic carbocycles. The van der Waals surface area contributed by atoms with Crippen LogP contribution in [0.3, 0.4) is 0 Å². The van der Waals surface area contributed by atoms with Crippen molar-refractivity contribution < 1.29 is 0 Å². The molecule has 1 unspecified atom stereocenters. The Morgan fingerprint density at radius 2 is 2.26 bits per heavy atom. The van der Waals surface area contributed by atoms with Crippen LogP contribution in [0, 0.1) is 6.92 Å². The second kappa shape index (κ2) is 6.19. The molecule has 0 bridgehead atoms. The zero-order valence-electron chi connectivity index (χ0n) is 12.5. The average Bonchev–Trinajstić information content (AvgIpc) is 2.85. The number of rotatable bonds is 5. The Hall–Kier alpha value is -1.36. The third kappa shape index (κ3) is 3.35. The van der Waals surface area contributed by atoms with E-state index in [2.05, 4.69) is 39.1 Å². The maximum Gasteiger partial charge on any atom is 0.224 e. The van der Waals surface area contributed by atoms with Crippen LogP contribution in [0.15, 0.2) is 6.07 Å². The summed E-state index contributed by atoms with van der Waals surface area (Å²) >= 11 is 0. The summed E-state index contributed by atoms with van der Waals surface area (Å²) in [6.07, 6.45) is 2.61. The summed E-state index contributed by atoms with van der Waals surface area (Å²) in [6.45, 7) is 7.66. The normalized spacial score (nSPS) is 19.7. The molecular weight excluding hydrogens is 238 g/mol. The first kappa shape index (κ1) is 14.1. The summed E-state index contributed by atoms with van der Waals surface area (Å²) in [5.74, 6) is 1.69. The lowest BCUT2D eigenvalue weighted by Gasteiger charge is -2.28. The highest BCUT2D eigenvalue weighted by atomic mass is 15.3. The summed E-state index contributed by atoms with van der Waals surface area (Å²) < 4.78 is 0. The van der Waals surface area contributed by atoms with Crippen LogP contribution in [0.5, 0.6) is 0 Å². The van der Waals surface area contributed by atoms with E-state index in [1.807, 2.05) is 20.0 Å². The van der Waals surface area contributed by atoms with Gasteiger partial charge in [0.1, 0.15) is 5.82 Å². The van der Waals surface area contributed by atoms with E-state index >= 15 is 0 Å². The van der Waals surface area contributed by atoms with Crippen LogP contribution in [0.2, 0.25) is 0 Å². The molecule has 1 saturated heterocycles. The van der Waals surface area contributed by atoms with Crippen molar-refractivity contribution in [2.24, 2.45) is 0 Å². The molecule has 0 saturated carbocycles. The van der Waals surface area contributed by atoms with Gasteiger partial charge in [0, 0.05) is 38.4 Å². The van der Waals surface area contributed by atoms with Crippen LogP contribution in [-0.4, -0.2) is 54.6 Å². The van der Waals surface area contributed by atoms with Crippen molar-refractivity contribution in [3.05, 3.63) is 11.8 Å². The smallest absolute Gasteiger partial charge is 0.224 e. The Morgan fingerprint density at radius 1 is 1.47 bits per heavy atom. The van der Waals surface area contributed by atoms with Crippen molar-refractivity contribution in [1.29, 1.82) is 0 Å². The number of nitrogens with zero attached hydrogens (tertiary/aromatic N) is 4. The third-order valence-corrected chi connectivity index (χ3v) is 3.85. The highest BCUT2D eigenvalue weighted by Gasteiger charge is 2.24. The molecule has 1 atom stereocenters. The number of anilines is 2. The number of nitrogens with one attached hydrogen (secondary N) is 1. The predicted octanol–water partition coefficient (Wildman–Crippen LogP) is 1.75. The van der Waals surface area contributed by atoms with Gasteiger partial charge in [-0.3, -0.25) is 4.90 Å². The van der Waals surface area contributed by atoms with Crippen LogP contribution < -0.4 is 10.2 Å². The monoisotopic (exact) mass is 263 g/mol. The molecule has 1 aliphatic heterocycles. The molecule has 1 aliphatic rings. The average molecular weight is 263 g/mol. The minimum atomic E-state index is 0.656. The van der Waals surface area contributed by atoms with Crippen LogP contribution in [0.1, 0.15) is 25.5 Å². The number of hydrogen-bond acceptors (Lipinski definition) is 5. The number of aromatic nitrogens is 2. The number of likely N-dealkylation sites (tertiary alicyclic amines) is 1. The van der Waals surface area contributed by atoms with Crippen molar-refractivity contribution in [2.45, 2.75) is 32.7 Å². The Morgan fingerprint density at radius 3 is 2.95 bits per heavy atom. The van der Waals surface area contributed by atoms with Gasteiger partial charge in [-0.25, -0.2) is 4.98 Å². The molecule has 1 fully saturated rings. The van der Waals surface area contributed by atoms with Gasteiger partial charge in [0.15, 0.2) is 0 Å². The molecule has 5 nitrogen and oxygen atoms in total. The van der Waals surface area contributed by atoms with Crippen LogP contribution in [0.25, 0.3) is 0 Å². The van der Waals surface area contributed by atoms with E-state index in [4.69, 9.17) is 0 Å². The molecule has 0 radical (unpaired) electrons. The van der Waals surface area contributed by atoms with Gasteiger partial charge < -0.3 is 10.2 Å². The first-order valence-electron chi connectivity index (χ1n) is 7.12. The van der Waals surface area contributed by atoms with E-state index < -0.39 is 0 Å². The number of likely N-dealkylation sites (N-methyl/N-ethyl adjacent to an activating group) is 2. The summed E-state index contributed by atoms with van der Waals surface area (Å²) in [4.78, 5) is 13.7. The number of aryl methyl sites for hydroxylation is 1. The summed E-state index contributed by atoms with van der Waals surface area (Å²) in [7, 11) is 3.97. The van der Waals surface area contributed by atoms with E-state index in [9.17, 15) is 0 Å². The van der Waals surface area contributed by atoms with Crippen LogP contribution in [-0.2, 0) is 0 Å². The van der Waals surface area contributed by atoms with Crippen molar-refractivity contribution in [3.8, 4) is 0 Å². The van der Waals surface area contributed by atoms with Gasteiger partial charge >= 0.3 is 0 Å². The third-order valence-electron chi connectivity index (χ3n) is 3.85. The van der Waals surface area contributed by atoms with E-state index in [1.165, 1.54) is 19.4 Å². The van der Waals surface area contributed by atoms with Gasteiger partial charge in [-0.1, -0.05) is 6.92 Å². The van der Waals surface area contributed by atoms with Gasteiger partial charge in [0.2, 0.25) is 5.95 Å². The summed E-state index contributed by atoms with van der Waals surface area (Å²) in [5.41, 5.74) is 1.000. The van der Waals surface area contributed by atoms with Gasteiger partial charge in [-0.05, 0) is 32.9 Å². The maximum atomic E-state index is 4.53. The van der Waals surface area contributed by atoms with Crippen molar-refractivity contribution in [2.75, 3.05) is 43.9 Å². The molecule has 2 heterocycles. The highest BCUT2D eigenvalue weighted by molar-refractivity contribution is 5.44. The fraction of sp³-hybridized carbons (Fsp3) is 0.714. The SMILES string of the molecule is CCN1CCCC1CN(C)c1cc(C)nc(NC)n1. The molecule has 2 rings (SSSR count). The first-order chi connectivity index (χ1) is 9.13. The van der Waals surface area contributed by atoms with E-state index in [0.717, 1.165) is 24.6 Å². The van der Waals surface area contributed by atoms with E-state index in [1.54, 1.807) is 0 Å². The summed E-state index contributed by atoms with van der Waals surface area (Å²) in [6, 6.07) is 2.70. The minimum Gasteiger partial charge on any atom is -0.358 e. The lowest BCUT2D eigenvalue weighted by molar-refractivity contribution is 0.270. The van der Waals surface area contributed by atoms with Crippen molar-refractivity contribution in [3.63, 3.8) is 0 Å². The molecule has 1 N–H and O–H groups in total. The first-order valence-corrected chi connectivity index (χ1v) is 7.12. The molecule has 1 aromatic rings. The van der Waals surface area contributed by atoms with Crippen molar-refractivity contribution >= 4 is 11.8 Å².